The lowest BCUT2D eigenvalue weighted by Gasteiger charge is -2.19. The van der Waals surface area contributed by atoms with E-state index in [2.05, 4.69) is 25.8 Å². The predicted molar refractivity (Wildman–Crippen MR) is 131 cm³/mol. The maximum Gasteiger partial charge on any atom is 0.262 e. The van der Waals surface area contributed by atoms with Gasteiger partial charge in [0.15, 0.2) is 16.6 Å². The standard InChI is InChI=1S/C23H25N7O3S/c1-3-29(4-2)23-26-22(33)17(34-23)13-20(31)25-16-9-7-8-15(12-16)21(32)24-14-19-28-27-18-10-5-6-11-30(18)19/h5-12,17H,3-4,13-14H2,1-2H3,(H,24,32)(H,25,31)/t17-/m0/s1. The summed E-state index contributed by atoms with van der Waals surface area (Å²) >= 11 is 1.32. The molecule has 3 amide bonds. The smallest absolute Gasteiger partial charge is 0.262 e. The van der Waals surface area contributed by atoms with E-state index in [1.807, 2.05) is 43.1 Å². The second-order valence-corrected chi connectivity index (χ2v) is 8.74. The van der Waals surface area contributed by atoms with Crippen molar-refractivity contribution in [1.82, 2.24) is 24.8 Å². The van der Waals surface area contributed by atoms with Crippen molar-refractivity contribution in [3.05, 3.63) is 60.0 Å². The Morgan fingerprint density at radius 2 is 1.94 bits per heavy atom. The molecular formula is C23H25N7O3S. The lowest BCUT2D eigenvalue weighted by atomic mass is 10.1. The van der Waals surface area contributed by atoms with Crippen LogP contribution in [0.4, 0.5) is 5.69 Å². The maximum atomic E-state index is 12.6. The molecule has 1 aliphatic heterocycles. The van der Waals surface area contributed by atoms with Gasteiger partial charge >= 0.3 is 0 Å². The van der Waals surface area contributed by atoms with Crippen molar-refractivity contribution in [3.63, 3.8) is 0 Å². The number of hydrogen-bond acceptors (Lipinski definition) is 7. The van der Waals surface area contributed by atoms with E-state index in [0.717, 1.165) is 13.1 Å². The zero-order chi connectivity index (χ0) is 24.1. The van der Waals surface area contributed by atoms with Crippen LogP contribution in [-0.4, -0.2) is 60.7 Å². The van der Waals surface area contributed by atoms with Crippen molar-refractivity contribution in [2.45, 2.75) is 32.1 Å². The lowest BCUT2D eigenvalue weighted by Crippen LogP contribution is -2.28. The highest BCUT2D eigenvalue weighted by Crippen LogP contribution is 2.27. The van der Waals surface area contributed by atoms with Gasteiger partial charge in [-0.1, -0.05) is 23.9 Å². The minimum Gasteiger partial charge on any atom is -0.352 e. The van der Waals surface area contributed by atoms with E-state index in [1.165, 1.54) is 11.8 Å². The molecule has 1 aromatic carbocycles. The van der Waals surface area contributed by atoms with E-state index < -0.39 is 5.25 Å². The molecule has 11 heteroatoms. The predicted octanol–water partition coefficient (Wildman–Crippen LogP) is 2.33. The zero-order valence-electron chi connectivity index (χ0n) is 18.9. The molecule has 34 heavy (non-hydrogen) atoms. The van der Waals surface area contributed by atoms with Crippen molar-refractivity contribution in [1.29, 1.82) is 0 Å². The molecule has 0 saturated heterocycles. The van der Waals surface area contributed by atoms with Crippen molar-refractivity contribution < 1.29 is 14.4 Å². The van der Waals surface area contributed by atoms with Crippen LogP contribution in [0.25, 0.3) is 5.65 Å². The molecule has 1 atom stereocenters. The Labute approximate surface area is 200 Å². The molecule has 2 aromatic heterocycles. The van der Waals surface area contributed by atoms with Gasteiger partial charge in [0.1, 0.15) is 5.25 Å². The van der Waals surface area contributed by atoms with Gasteiger partial charge in [-0.25, -0.2) is 0 Å². The molecule has 0 unspecified atom stereocenters. The number of nitrogens with one attached hydrogen (secondary N) is 2. The highest BCUT2D eigenvalue weighted by Gasteiger charge is 2.32. The normalized spacial score (nSPS) is 15.3. The number of pyridine rings is 1. The van der Waals surface area contributed by atoms with Crippen molar-refractivity contribution in [2.24, 2.45) is 4.99 Å². The Balaban J connectivity index is 1.33. The molecule has 0 saturated carbocycles. The van der Waals surface area contributed by atoms with Crippen LogP contribution in [0, 0.1) is 0 Å². The minimum atomic E-state index is -0.542. The number of aromatic nitrogens is 3. The topological polar surface area (TPSA) is 121 Å². The van der Waals surface area contributed by atoms with Crippen LogP contribution in [0.2, 0.25) is 0 Å². The number of carbonyl (C=O) groups is 3. The van der Waals surface area contributed by atoms with Gasteiger partial charge in [-0.15, -0.1) is 10.2 Å². The molecule has 1 aliphatic rings. The summed E-state index contributed by atoms with van der Waals surface area (Å²) in [5.41, 5.74) is 1.57. The summed E-state index contributed by atoms with van der Waals surface area (Å²) < 4.78 is 1.80. The van der Waals surface area contributed by atoms with Crippen LogP contribution in [0.5, 0.6) is 0 Å². The first-order valence-corrected chi connectivity index (χ1v) is 11.9. The number of thioether (sulfide) groups is 1. The summed E-state index contributed by atoms with van der Waals surface area (Å²) in [5.74, 6) is -0.300. The minimum absolute atomic E-state index is 0.00808. The summed E-state index contributed by atoms with van der Waals surface area (Å²) in [6.07, 6.45) is 1.84. The third kappa shape index (κ3) is 5.25. The Bertz CT molecular complexity index is 1250. The molecule has 3 aromatic rings. The SMILES string of the molecule is CCN(CC)C1=NC(=O)[C@H](CC(=O)Nc2cccc(C(=O)NCc3nnc4ccccn34)c2)S1. The van der Waals surface area contributed by atoms with E-state index in [0.29, 0.717) is 27.9 Å². The van der Waals surface area contributed by atoms with E-state index >= 15 is 0 Å². The number of carbonyl (C=O) groups excluding carboxylic acids is 3. The van der Waals surface area contributed by atoms with Crippen LogP contribution in [0.1, 0.15) is 36.5 Å². The van der Waals surface area contributed by atoms with Gasteiger partial charge in [0.2, 0.25) is 5.91 Å². The van der Waals surface area contributed by atoms with Gasteiger partial charge in [-0.3, -0.25) is 18.8 Å². The number of fused-ring (bicyclic) bond motifs is 1. The van der Waals surface area contributed by atoms with Crippen LogP contribution in [-0.2, 0) is 16.1 Å². The number of nitrogens with zero attached hydrogens (tertiary/aromatic N) is 5. The first-order valence-electron chi connectivity index (χ1n) is 11.0. The summed E-state index contributed by atoms with van der Waals surface area (Å²) in [4.78, 5) is 43.5. The first kappa shape index (κ1) is 23.4. The summed E-state index contributed by atoms with van der Waals surface area (Å²) in [6.45, 7) is 5.69. The van der Waals surface area contributed by atoms with Gasteiger partial charge in [0.05, 0.1) is 6.54 Å². The van der Waals surface area contributed by atoms with Crippen LogP contribution in [0.3, 0.4) is 0 Å². The molecule has 0 aliphatic carbocycles. The Morgan fingerprint density at radius 1 is 1.12 bits per heavy atom. The number of benzene rings is 1. The quantitative estimate of drug-likeness (QED) is 0.509. The second kappa shape index (κ2) is 10.5. The summed E-state index contributed by atoms with van der Waals surface area (Å²) in [7, 11) is 0. The first-order chi connectivity index (χ1) is 16.5. The van der Waals surface area contributed by atoms with E-state index in [1.54, 1.807) is 28.7 Å². The highest BCUT2D eigenvalue weighted by atomic mass is 32.2. The second-order valence-electron chi connectivity index (χ2n) is 7.57. The van der Waals surface area contributed by atoms with Crippen LogP contribution < -0.4 is 10.6 Å². The van der Waals surface area contributed by atoms with Crippen LogP contribution >= 0.6 is 11.8 Å². The number of anilines is 1. The van der Waals surface area contributed by atoms with Gasteiger partial charge in [-0.05, 0) is 44.2 Å². The number of rotatable bonds is 8. The highest BCUT2D eigenvalue weighted by molar-refractivity contribution is 8.15. The Hall–Kier alpha value is -3.73. The fraction of sp³-hybridized carbons (Fsp3) is 0.304. The molecule has 0 fully saturated rings. The molecular weight excluding hydrogens is 454 g/mol. The molecule has 4 rings (SSSR count). The number of hydrogen-bond donors (Lipinski definition) is 2. The fourth-order valence-electron chi connectivity index (χ4n) is 3.53. The maximum absolute atomic E-state index is 12.6. The molecule has 3 heterocycles. The zero-order valence-corrected chi connectivity index (χ0v) is 19.7. The molecule has 176 valence electrons. The lowest BCUT2D eigenvalue weighted by molar-refractivity contribution is -0.121. The van der Waals surface area contributed by atoms with Gasteiger partial charge in [0.25, 0.3) is 11.8 Å². The Morgan fingerprint density at radius 3 is 2.74 bits per heavy atom. The average molecular weight is 480 g/mol. The third-order valence-corrected chi connectivity index (χ3v) is 6.55. The number of amidine groups is 1. The van der Waals surface area contributed by atoms with Gasteiger partial charge in [-0.2, -0.15) is 4.99 Å². The molecule has 10 nitrogen and oxygen atoms in total. The van der Waals surface area contributed by atoms with Gasteiger partial charge in [0, 0.05) is 37.0 Å². The number of amides is 3. The van der Waals surface area contributed by atoms with Crippen LogP contribution in [0.15, 0.2) is 53.7 Å². The summed E-state index contributed by atoms with van der Waals surface area (Å²) in [5, 5.41) is 13.9. The average Bonchev–Trinajstić information content (AvgIpc) is 3.41. The molecule has 0 bridgehead atoms. The summed E-state index contributed by atoms with van der Waals surface area (Å²) in [6, 6.07) is 12.2. The van der Waals surface area contributed by atoms with E-state index in [9.17, 15) is 14.4 Å². The Kier molecular flexibility index (Phi) is 7.21. The van der Waals surface area contributed by atoms with Crippen molar-refractivity contribution in [2.75, 3.05) is 18.4 Å². The van der Waals surface area contributed by atoms with E-state index in [4.69, 9.17) is 0 Å². The molecule has 0 radical (unpaired) electrons. The van der Waals surface area contributed by atoms with Crippen molar-refractivity contribution >= 4 is 46.0 Å². The fourth-order valence-corrected chi connectivity index (χ4v) is 4.72. The van der Waals surface area contributed by atoms with Crippen molar-refractivity contribution in [3.8, 4) is 0 Å². The monoisotopic (exact) mass is 479 g/mol. The molecule has 2 N–H and O–H groups in total. The largest absolute Gasteiger partial charge is 0.352 e. The van der Waals surface area contributed by atoms with E-state index in [-0.39, 0.29) is 30.7 Å². The number of aliphatic imine (C=N–C) groups is 1. The van der Waals surface area contributed by atoms with Gasteiger partial charge < -0.3 is 15.5 Å². The molecule has 0 spiro atoms. The third-order valence-electron chi connectivity index (χ3n) is 5.33.